The van der Waals surface area contributed by atoms with Crippen LogP contribution in [0.2, 0.25) is 0 Å². The number of hydrogen-bond donors (Lipinski definition) is 0. The van der Waals surface area contributed by atoms with Crippen LogP contribution in [0.5, 0.6) is 11.5 Å². The summed E-state index contributed by atoms with van der Waals surface area (Å²) in [7, 11) is 3.33. The topological polar surface area (TPSA) is 51.9 Å². The van der Waals surface area contributed by atoms with Crippen LogP contribution < -0.4 is 9.47 Å². The highest BCUT2D eigenvalue weighted by Gasteiger charge is 2.10. The van der Waals surface area contributed by atoms with Crippen molar-refractivity contribution >= 4 is 5.91 Å². The summed E-state index contributed by atoms with van der Waals surface area (Å²) in [5.74, 6) is 1.29. The lowest BCUT2D eigenvalue weighted by Crippen LogP contribution is -2.30. The van der Waals surface area contributed by atoms with E-state index in [4.69, 9.17) is 13.9 Å². The Bertz CT molecular complexity index is 534. The van der Waals surface area contributed by atoms with Gasteiger partial charge in [-0.05, 0) is 30.3 Å². The molecule has 20 heavy (non-hydrogen) atoms. The molecule has 1 heterocycles. The number of methoxy groups -OCH3 is 1. The van der Waals surface area contributed by atoms with Crippen molar-refractivity contribution < 1.29 is 18.7 Å². The first kappa shape index (κ1) is 14.0. The monoisotopic (exact) mass is 275 g/mol. The second-order valence-electron chi connectivity index (χ2n) is 4.35. The lowest BCUT2D eigenvalue weighted by molar-refractivity contribution is -0.132. The van der Waals surface area contributed by atoms with Gasteiger partial charge < -0.3 is 18.8 Å². The molecule has 0 radical (unpaired) electrons. The van der Waals surface area contributed by atoms with Gasteiger partial charge in [0.05, 0.1) is 19.6 Å². The summed E-state index contributed by atoms with van der Waals surface area (Å²) in [5.41, 5.74) is 0.949. The zero-order valence-electron chi connectivity index (χ0n) is 11.5. The number of nitrogens with zero attached hydrogens (tertiary/aromatic N) is 1. The zero-order chi connectivity index (χ0) is 14.4. The largest absolute Gasteiger partial charge is 0.497 e. The van der Waals surface area contributed by atoms with Crippen molar-refractivity contribution in [3.8, 4) is 11.5 Å². The van der Waals surface area contributed by atoms with Gasteiger partial charge in [-0.2, -0.15) is 0 Å². The van der Waals surface area contributed by atoms with Gasteiger partial charge in [-0.1, -0.05) is 0 Å². The molecule has 0 aliphatic carbocycles. The molecular weight excluding hydrogens is 258 g/mol. The molecule has 0 unspecified atom stereocenters. The van der Waals surface area contributed by atoms with E-state index in [-0.39, 0.29) is 12.5 Å². The molecule has 5 nitrogen and oxygen atoms in total. The molecule has 2 aromatic rings. The van der Waals surface area contributed by atoms with Crippen LogP contribution in [0.4, 0.5) is 0 Å². The number of rotatable bonds is 6. The fourth-order valence-electron chi connectivity index (χ4n) is 1.67. The van der Waals surface area contributed by atoms with Crippen LogP contribution in [-0.2, 0) is 11.3 Å². The lowest BCUT2D eigenvalue weighted by atomic mass is 10.3. The highest BCUT2D eigenvalue weighted by molar-refractivity contribution is 5.77. The first-order valence-corrected chi connectivity index (χ1v) is 6.21. The number of benzene rings is 1. The molecule has 1 aromatic heterocycles. The number of carbonyl (C=O) groups is 1. The van der Waals surface area contributed by atoms with Gasteiger partial charge in [0.25, 0.3) is 5.91 Å². The summed E-state index contributed by atoms with van der Waals surface area (Å²) in [6.45, 7) is 0.502. The van der Waals surface area contributed by atoms with E-state index in [9.17, 15) is 4.79 Å². The van der Waals surface area contributed by atoms with E-state index in [1.165, 1.54) is 0 Å². The maximum atomic E-state index is 11.9. The van der Waals surface area contributed by atoms with Gasteiger partial charge in [0.1, 0.15) is 11.5 Å². The van der Waals surface area contributed by atoms with Gasteiger partial charge in [-0.25, -0.2) is 0 Å². The van der Waals surface area contributed by atoms with E-state index in [2.05, 4.69) is 0 Å². The fourth-order valence-corrected chi connectivity index (χ4v) is 1.67. The van der Waals surface area contributed by atoms with Gasteiger partial charge in [-0.3, -0.25) is 4.79 Å². The molecule has 106 valence electrons. The summed E-state index contributed by atoms with van der Waals surface area (Å²) < 4.78 is 15.5. The molecule has 1 amide bonds. The maximum Gasteiger partial charge on any atom is 0.260 e. The lowest BCUT2D eigenvalue weighted by Gasteiger charge is -2.16. The SMILES string of the molecule is COc1ccc(OCC(=O)N(C)Cc2ccoc2)cc1. The number of hydrogen-bond acceptors (Lipinski definition) is 4. The van der Waals surface area contributed by atoms with Crippen molar-refractivity contribution in [1.29, 1.82) is 0 Å². The number of ether oxygens (including phenoxy) is 2. The molecular formula is C15H17NO4. The molecule has 0 aliphatic rings. The Kier molecular flexibility index (Phi) is 4.65. The summed E-state index contributed by atoms with van der Waals surface area (Å²) in [6.07, 6.45) is 3.20. The number of likely N-dealkylation sites (N-methyl/N-ethyl adjacent to an activating group) is 1. The van der Waals surface area contributed by atoms with Gasteiger partial charge >= 0.3 is 0 Å². The summed E-state index contributed by atoms with van der Waals surface area (Å²) >= 11 is 0. The fraction of sp³-hybridized carbons (Fsp3) is 0.267. The van der Waals surface area contributed by atoms with Gasteiger partial charge in [0.2, 0.25) is 0 Å². The van der Waals surface area contributed by atoms with Crippen LogP contribution in [-0.4, -0.2) is 31.6 Å². The quantitative estimate of drug-likeness (QED) is 0.812. The Morgan fingerprint density at radius 3 is 2.50 bits per heavy atom. The van der Waals surface area contributed by atoms with Crippen LogP contribution >= 0.6 is 0 Å². The Balaban J connectivity index is 1.81. The van der Waals surface area contributed by atoms with E-state index in [1.807, 2.05) is 6.07 Å². The summed E-state index contributed by atoms with van der Waals surface area (Å²) in [5, 5.41) is 0. The molecule has 0 N–H and O–H groups in total. The normalized spacial score (nSPS) is 10.1. The first-order chi connectivity index (χ1) is 9.69. The maximum absolute atomic E-state index is 11.9. The van der Waals surface area contributed by atoms with E-state index in [1.54, 1.807) is 55.8 Å². The molecule has 1 aromatic carbocycles. The predicted octanol–water partition coefficient (Wildman–Crippen LogP) is 2.33. The molecule has 0 atom stereocenters. The molecule has 0 fully saturated rings. The van der Waals surface area contributed by atoms with Gasteiger partial charge in [0.15, 0.2) is 6.61 Å². The molecule has 0 saturated carbocycles. The van der Waals surface area contributed by atoms with E-state index >= 15 is 0 Å². The molecule has 2 rings (SSSR count). The summed E-state index contributed by atoms with van der Waals surface area (Å²) in [4.78, 5) is 13.5. The highest BCUT2D eigenvalue weighted by atomic mass is 16.5. The zero-order valence-corrected chi connectivity index (χ0v) is 11.5. The third kappa shape index (κ3) is 3.78. The standard InChI is InChI=1S/C15H17NO4/c1-16(9-12-7-8-19-10-12)15(17)11-20-14-5-3-13(18-2)4-6-14/h3-8,10H,9,11H2,1-2H3. The van der Waals surface area contributed by atoms with Crippen LogP contribution in [0.3, 0.4) is 0 Å². The van der Waals surface area contributed by atoms with E-state index < -0.39 is 0 Å². The minimum atomic E-state index is -0.0954. The van der Waals surface area contributed by atoms with Crippen molar-refractivity contribution in [2.24, 2.45) is 0 Å². The molecule has 0 spiro atoms. The Morgan fingerprint density at radius 2 is 1.90 bits per heavy atom. The third-order valence-electron chi connectivity index (χ3n) is 2.85. The van der Waals surface area contributed by atoms with Crippen molar-refractivity contribution in [3.63, 3.8) is 0 Å². The Morgan fingerprint density at radius 1 is 1.20 bits per heavy atom. The number of amides is 1. The van der Waals surface area contributed by atoms with Crippen molar-refractivity contribution in [1.82, 2.24) is 4.90 Å². The molecule has 5 heteroatoms. The van der Waals surface area contributed by atoms with Crippen LogP contribution in [0.1, 0.15) is 5.56 Å². The van der Waals surface area contributed by atoms with Crippen molar-refractivity contribution in [2.75, 3.05) is 20.8 Å². The highest BCUT2D eigenvalue weighted by Crippen LogP contribution is 2.17. The Labute approximate surface area is 117 Å². The smallest absolute Gasteiger partial charge is 0.260 e. The second-order valence-corrected chi connectivity index (χ2v) is 4.35. The van der Waals surface area contributed by atoms with Crippen LogP contribution in [0.15, 0.2) is 47.3 Å². The van der Waals surface area contributed by atoms with Gasteiger partial charge in [0, 0.05) is 19.2 Å². The minimum absolute atomic E-state index is 0.000675. The number of carbonyl (C=O) groups excluding carboxylic acids is 1. The molecule has 0 bridgehead atoms. The van der Waals surface area contributed by atoms with Gasteiger partial charge in [-0.15, -0.1) is 0 Å². The van der Waals surface area contributed by atoms with E-state index in [0.717, 1.165) is 11.3 Å². The second kappa shape index (κ2) is 6.65. The number of furan rings is 1. The van der Waals surface area contributed by atoms with Crippen LogP contribution in [0, 0.1) is 0 Å². The van der Waals surface area contributed by atoms with Crippen molar-refractivity contribution in [3.05, 3.63) is 48.4 Å². The van der Waals surface area contributed by atoms with Crippen molar-refractivity contribution in [2.45, 2.75) is 6.54 Å². The van der Waals surface area contributed by atoms with Crippen LogP contribution in [0.25, 0.3) is 0 Å². The average Bonchev–Trinajstić information content (AvgIpc) is 2.98. The first-order valence-electron chi connectivity index (χ1n) is 6.21. The average molecular weight is 275 g/mol. The minimum Gasteiger partial charge on any atom is -0.497 e. The van der Waals surface area contributed by atoms with E-state index in [0.29, 0.717) is 12.3 Å². The Hall–Kier alpha value is -2.43. The molecule has 0 saturated heterocycles. The predicted molar refractivity (Wildman–Crippen MR) is 73.7 cm³/mol. The molecule has 0 aliphatic heterocycles. The third-order valence-corrected chi connectivity index (χ3v) is 2.85. The summed E-state index contributed by atoms with van der Waals surface area (Å²) in [6, 6.07) is 8.93.